The summed E-state index contributed by atoms with van der Waals surface area (Å²) >= 11 is 0. The topological polar surface area (TPSA) is 98.3 Å². The van der Waals surface area contributed by atoms with Crippen LogP contribution in [0.2, 0.25) is 0 Å². The standard InChI is InChI=1S/C11H15N3O3.BrH/c1-2-3-10(12)11(15)13-8-4-6-9(7-5-8)14(16)17;/h4-7,10H,2-3,12H2,1H3,(H,13,15);1H/t10-;/m0./s1. The van der Waals surface area contributed by atoms with Crippen molar-refractivity contribution < 1.29 is 9.72 Å². The second-order valence-corrected chi connectivity index (χ2v) is 3.69. The average molecular weight is 318 g/mol. The first kappa shape index (κ1) is 16.5. The lowest BCUT2D eigenvalue weighted by atomic mass is 10.1. The zero-order valence-electron chi connectivity index (χ0n) is 9.96. The molecule has 1 amide bonds. The van der Waals surface area contributed by atoms with Crippen LogP contribution in [-0.4, -0.2) is 16.9 Å². The number of carbonyl (C=O) groups excluding carboxylic acids is 1. The van der Waals surface area contributed by atoms with Crippen LogP contribution in [0.25, 0.3) is 0 Å². The summed E-state index contributed by atoms with van der Waals surface area (Å²) in [5.41, 5.74) is 6.13. The van der Waals surface area contributed by atoms with Crippen molar-refractivity contribution in [1.29, 1.82) is 0 Å². The molecule has 0 spiro atoms. The quantitative estimate of drug-likeness (QED) is 0.642. The molecule has 1 aromatic rings. The number of nitro benzene ring substituents is 1. The van der Waals surface area contributed by atoms with E-state index in [9.17, 15) is 14.9 Å². The Morgan fingerprint density at radius 3 is 2.44 bits per heavy atom. The minimum Gasteiger partial charge on any atom is -0.325 e. The van der Waals surface area contributed by atoms with Crippen molar-refractivity contribution in [2.75, 3.05) is 5.32 Å². The van der Waals surface area contributed by atoms with Gasteiger partial charge in [0.15, 0.2) is 0 Å². The van der Waals surface area contributed by atoms with Gasteiger partial charge in [0.2, 0.25) is 5.91 Å². The third kappa shape index (κ3) is 4.80. The van der Waals surface area contributed by atoms with Gasteiger partial charge in [-0.3, -0.25) is 14.9 Å². The smallest absolute Gasteiger partial charge is 0.269 e. The average Bonchev–Trinajstić information content (AvgIpc) is 2.30. The molecule has 0 saturated heterocycles. The van der Waals surface area contributed by atoms with Crippen LogP contribution in [0.5, 0.6) is 0 Å². The molecule has 0 bridgehead atoms. The van der Waals surface area contributed by atoms with Crippen LogP contribution in [0.3, 0.4) is 0 Å². The molecule has 0 aliphatic rings. The molecule has 0 fully saturated rings. The molecular formula is C11H16BrN3O3. The summed E-state index contributed by atoms with van der Waals surface area (Å²) < 4.78 is 0. The fraction of sp³-hybridized carbons (Fsp3) is 0.364. The van der Waals surface area contributed by atoms with Gasteiger partial charge in [-0.05, 0) is 18.6 Å². The van der Waals surface area contributed by atoms with E-state index < -0.39 is 11.0 Å². The fourth-order valence-corrected chi connectivity index (χ4v) is 1.34. The normalized spacial score (nSPS) is 11.2. The molecule has 0 aromatic heterocycles. The van der Waals surface area contributed by atoms with Gasteiger partial charge < -0.3 is 11.1 Å². The SMILES string of the molecule is Br.CCC[C@H](N)C(=O)Nc1ccc([N+](=O)[O-])cc1. The Morgan fingerprint density at radius 1 is 1.44 bits per heavy atom. The highest BCUT2D eigenvalue weighted by atomic mass is 79.9. The highest BCUT2D eigenvalue weighted by molar-refractivity contribution is 8.93. The van der Waals surface area contributed by atoms with Crippen LogP contribution in [0.1, 0.15) is 19.8 Å². The molecule has 1 rings (SSSR count). The number of nitrogens with two attached hydrogens (primary N) is 1. The molecule has 3 N–H and O–H groups in total. The Kier molecular flexibility index (Phi) is 7.14. The lowest BCUT2D eigenvalue weighted by molar-refractivity contribution is -0.384. The number of anilines is 1. The van der Waals surface area contributed by atoms with Gasteiger partial charge >= 0.3 is 0 Å². The summed E-state index contributed by atoms with van der Waals surface area (Å²) in [5.74, 6) is -0.277. The van der Waals surface area contributed by atoms with E-state index in [-0.39, 0.29) is 28.6 Å². The second-order valence-electron chi connectivity index (χ2n) is 3.69. The van der Waals surface area contributed by atoms with Gasteiger partial charge in [-0.15, -0.1) is 17.0 Å². The molecule has 7 heteroatoms. The maximum atomic E-state index is 11.6. The molecule has 0 saturated carbocycles. The molecule has 0 radical (unpaired) electrons. The number of non-ortho nitro benzene ring substituents is 1. The van der Waals surface area contributed by atoms with Crippen LogP contribution in [-0.2, 0) is 4.79 Å². The number of nitrogens with zero attached hydrogens (tertiary/aromatic N) is 1. The Balaban J connectivity index is 0.00000289. The van der Waals surface area contributed by atoms with Crippen molar-refractivity contribution >= 4 is 34.3 Å². The van der Waals surface area contributed by atoms with E-state index >= 15 is 0 Å². The van der Waals surface area contributed by atoms with E-state index in [1.165, 1.54) is 24.3 Å². The number of halogens is 1. The summed E-state index contributed by atoms with van der Waals surface area (Å²) in [6.45, 7) is 1.94. The summed E-state index contributed by atoms with van der Waals surface area (Å²) in [4.78, 5) is 21.5. The minimum atomic E-state index is -0.546. The second kappa shape index (κ2) is 7.78. The number of benzene rings is 1. The molecule has 0 aliphatic carbocycles. The first-order valence-electron chi connectivity index (χ1n) is 5.35. The maximum Gasteiger partial charge on any atom is 0.269 e. The first-order valence-corrected chi connectivity index (χ1v) is 5.35. The minimum absolute atomic E-state index is 0. The molecular weight excluding hydrogens is 302 g/mol. The van der Waals surface area contributed by atoms with Crippen molar-refractivity contribution in [1.82, 2.24) is 0 Å². The molecule has 6 nitrogen and oxygen atoms in total. The fourth-order valence-electron chi connectivity index (χ4n) is 1.34. The van der Waals surface area contributed by atoms with E-state index in [0.717, 1.165) is 6.42 Å². The zero-order chi connectivity index (χ0) is 12.8. The predicted molar refractivity (Wildman–Crippen MR) is 74.9 cm³/mol. The number of amides is 1. The molecule has 0 unspecified atom stereocenters. The maximum absolute atomic E-state index is 11.6. The lowest BCUT2D eigenvalue weighted by Crippen LogP contribution is -2.35. The molecule has 1 atom stereocenters. The monoisotopic (exact) mass is 317 g/mol. The third-order valence-corrected chi connectivity index (χ3v) is 2.28. The number of hydrogen-bond donors (Lipinski definition) is 2. The molecule has 0 heterocycles. The van der Waals surface area contributed by atoms with Crippen molar-refractivity contribution in [3.05, 3.63) is 34.4 Å². The Morgan fingerprint density at radius 2 is 2.00 bits per heavy atom. The van der Waals surface area contributed by atoms with Gasteiger partial charge in [-0.2, -0.15) is 0 Å². The summed E-state index contributed by atoms with van der Waals surface area (Å²) in [5, 5.41) is 13.0. The highest BCUT2D eigenvalue weighted by Gasteiger charge is 2.12. The number of hydrogen-bond acceptors (Lipinski definition) is 4. The number of rotatable bonds is 5. The number of carbonyl (C=O) groups is 1. The Hall–Kier alpha value is -1.47. The molecule has 0 aliphatic heterocycles. The van der Waals surface area contributed by atoms with E-state index in [1.807, 2.05) is 6.92 Å². The third-order valence-electron chi connectivity index (χ3n) is 2.28. The number of nitro groups is 1. The zero-order valence-corrected chi connectivity index (χ0v) is 11.7. The first-order chi connectivity index (χ1) is 8.04. The van der Waals surface area contributed by atoms with E-state index in [0.29, 0.717) is 12.1 Å². The van der Waals surface area contributed by atoms with Crippen molar-refractivity contribution in [2.45, 2.75) is 25.8 Å². The van der Waals surface area contributed by atoms with Crippen LogP contribution in [0.15, 0.2) is 24.3 Å². The van der Waals surface area contributed by atoms with Crippen LogP contribution >= 0.6 is 17.0 Å². The van der Waals surface area contributed by atoms with E-state index in [4.69, 9.17) is 5.73 Å². The largest absolute Gasteiger partial charge is 0.325 e. The van der Waals surface area contributed by atoms with Crippen LogP contribution < -0.4 is 11.1 Å². The van der Waals surface area contributed by atoms with Crippen molar-refractivity contribution in [3.63, 3.8) is 0 Å². The Bertz CT molecular complexity index is 408. The predicted octanol–water partition coefficient (Wildman–Crippen LogP) is 2.24. The van der Waals surface area contributed by atoms with Crippen LogP contribution in [0.4, 0.5) is 11.4 Å². The van der Waals surface area contributed by atoms with Gasteiger partial charge in [0, 0.05) is 17.8 Å². The van der Waals surface area contributed by atoms with Gasteiger partial charge in [0.25, 0.3) is 5.69 Å². The lowest BCUT2D eigenvalue weighted by Gasteiger charge is -2.10. The highest BCUT2D eigenvalue weighted by Crippen LogP contribution is 2.15. The summed E-state index contributed by atoms with van der Waals surface area (Å²) in [7, 11) is 0. The summed E-state index contributed by atoms with van der Waals surface area (Å²) in [6.07, 6.45) is 1.44. The molecule has 100 valence electrons. The van der Waals surface area contributed by atoms with Gasteiger partial charge in [-0.1, -0.05) is 13.3 Å². The van der Waals surface area contributed by atoms with Crippen LogP contribution in [0, 0.1) is 10.1 Å². The van der Waals surface area contributed by atoms with Crippen molar-refractivity contribution in [2.24, 2.45) is 5.73 Å². The van der Waals surface area contributed by atoms with Gasteiger partial charge in [0.1, 0.15) is 0 Å². The van der Waals surface area contributed by atoms with E-state index in [1.54, 1.807) is 0 Å². The van der Waals surface area contributed by atoms with Gasteiger partial charge in [0.05, 0.1) is 11.0 Å². The Labute approximate surface area is 115 Å². The molecule has 18 heavy (non-hydrogen) atoms. The van der Waals surface area contributed by atoms with E-state index in [2.05, 4.69) is 5.32 Å². The summed E-state index contributed by atoms with van der Waals surface area (Å²) in [6, 6.07) is 5.08. The number of nitrogens with one attached hydrogen (secondary N) is 1. The van der Waals surface area contributed by atoms with Crippen molar-refractivity contribution in [3.8, 4) is 0 Å². The molecule has 1 aromatic carbocycles. The van der Waals surface area contributed by atoms with Gasteiger partial charge in [-0.25, -0.2) is 0 Å².